The Morgan fingerprint density at radius 3 is 2.81 bits per heavy atom. The molecule has 21 heavy (non-hydrogen) atoms. The highest BCUT2D eigenvalue weighted by Crippen LogP contribution is 2.35. The van der Waals surface area contributed by atoms with Crippen LogP contribution in [-0.2, 0) is 6.54 Å². The van der Waals surface area contributed by atoms with Gasteiger partial charge in [0.15, 0.2) is 0 Å². The van der Waals surface area contributed by atoms with Crippen LogP contribution in [0.4, 0.5) is 4.39 Å². The summed E-state index contributed by atoms with van der Waals surface area (Å²) < 4.78 is 14.8. The summed E-state index contributed by atoms with van der Waals surface area (Å²) >= 11 is 1.15. The lowest BCUT2D eigenvalue weighted by Gasteiger charge is -2.25. The fourth-order valence-corrected chi connectivity index (χ4v) is 4.22. The minimum atomic E-state index is -0.982. The first-order valence-electron chi connectivity index (χ1n) is 7.18. The number of nitrogens with one attached hydrogen (secondary N) is 1. The Morgan fingerprint density at radius 1 is 1.43 bits per heavy atom. The van der Waals surface area contributed by atoms with E-state index in [9.17, 15) is 14.3 Å². The predicted molar refractivity (Wildman–Crippen MR) is 82.5 cm³/mol. The first-order chi connectivity index (χ1) is 10.0. The fourth-order valence-electron chi connectivity index (χ4n) is 3.14. The summed E-state index contributed by atoms with van der Waals surface area (Å²) in [4.78, 5) is 11.7. The number of hydrogen-bond donors (Lipinski definition) is 2. The Kier molecular flexibility index (Phi) is 3.71. The summed E-state index contributed by atoms with van der Waals surface area (Å²) in [6.07, 6.45) is 4.54. The van der Waals surface area contributed by atoms with Crippen molar-refractivity contribution in [2.75, 3.05) is 0 Å². The van der Waals surface area contributed by atoms with Crippen LogP contribution in [0.15, 0.2) is 18.2 Å². The lowest BCUT2D eigenvalue weighted by atomic mass is 9.99. The lowest BCUT2D eigenvalue weighted by molar-refractivity contribution is 0.0701. The van der Waals surface area contributed by atoms with E-state index in [1.54, 1.807) is 12.1 Å². The molecule has 0 aliphatic heterocycles. The summed E-state index contributed by atoms with van der Waals surface area (Å²) in [5.41, 5.74) is 0.615. The highest BCUT2D eigenvalue weighted by Gasteiger charge is 2.29. The molecular formula is C16H18FNO2S. The number of benzene rings is 1. The maximum atomic E-state index is 14.1. The van der Waals surface area contributed by atoms with Crippen LogP contribution in [0.1, 0.15) is 47.8 Å². The Hall–Kier alpha value is -1.46. The maximum Gasteiger partial charge on any atom is 0.346 e. The van der Waals surface area contributed by atoms with Crippen molar-refractivity contribution < 1.29 is 14.3 Å². The van der Waals surface area contributed by atoms with Gasteiger partial charge in [0.25, 0.3) is 0 Å². The predicted octanol–water partition coefficient (Wildman–Crippen LogP) is 4.16. The molecule has 1 aliphatic carbocycles. The monoisotopic (exact) mass is 307 g/mol. The van der Waals surface area contributed by atoms with Crippen molar-refractivity contribution in [3.8, 4) is 0 Å². The van der Waals surface area contributed by atoms with Gasteiger partial charge in [0.05, 0.1) is 0 Å². The third kappa shape index (κ3) is 2.68. The molecule has 3 nitrogen and oxygen atoms in total. The Bertz CT molecular complexity index is 689. The minimum Gasteiger partial charge on any atom is -0.477 e. The average molecular weight is 307 g/mol. The zero-order chi connectivity index (χ0) is 15.0. The van der Waals surface area contributed by atoms with Gasteiger partial charge in [0.2, 0.25) is 0 Å². The van der Waals surface area contributed by atoms with Crippen molar-refractivity contribution in [3.05, 3.63) is 34.5 Å². The van der Waals surface area contributed by atoms with Gasteiger partial charge in [-0.25, -0.2) is 9.18 Å². The van der Waals surface area contributed by atoms with Crippen LogP contribution in [0.25, 0.3) is 10.1 Å². The number of carboxylic acid groups (broad SMARTS) is 1. The smallest absolute Gasteiger partial charge is 0.346 e. The normalized spacial score (nSPS) is 17.4. The molecule has 5 heteroatoms. The molecule has 0 unspecified atom stereocenters. The number of aromatic carboxylic acids is 1. The van der Waals surface area contributed by atoms with Crippen molar-refractivity contribution in [1.82, 2.24) is 5.32 Å². The van der Waals surface area contributed by atoms with Gasteiger partial charge in [-0.05, 0) is 31.9 Å². The molecular weight excluding hydrogens is 289 g/mol. The van der Waals surface area contributed by atoms with E-state index in [1.807, 2.05) is 0 Å². The third-order valence-corrected chi connectivity index (χ3v) is 5.54. The zero-order valence-electron chi connectivity index (χ0n) is 11.9. The quantitative estimate of drug-likeness (QED) is 0.891. The van der Waals surface area contributed by atoms with Crippen LogP contribution in [0.2, 0.25) is 0 Å². The first-order valence-corrected chi connectivity index (χ1v) is 8.00. The van der Waals surface area contributed by atoms with E-state index in [2.05, 4.69) is 12.2 Å². The average Bonchev–Trinajstić information content (AvgIpc) is 3.02. The van der Waals surface area contributed by atoms with Gasteiger partial charge < -0.3 is 10.4 Å². The molecule has 0 saturated heterocycles. The molecule has 0 atom stereocenters. The number of fused-ring (bicyclic) bond motifs is 1. The molecule has 1 aliphatic rings. The number of rotatable bonds is 4. The van der Waals surface area contributed by atoms with Crippen molar-refractivity contribution in [1.29, 1.82) is 0 Å². The molecule has 1 fully saturated rings. The SMILES string of the molecule is CC1(NCc2c(C(=O)O)sc3cccc(F)c23)CCCC1. The highest BCUT2D eigenvalue weighted by molar-refractivity contribution is 7.21. The second-order valence-corrected chi connectivity index (χ2v) is 7.00. The van der Waals surface area contributed by atoms with Crippen LogP contribution >= 0.6 is 11.3 Å². The summed E-state index contributed by atoms with van der Waals surface area (Å²) in [7, 11) is 0. The third-order valence-electron chi connectivity index (χ3n) is 4.36. The van der Waals surface area contributed by atoms with Crippen molar-refractivity contribution in [3.63, 3.8) is 0 Å². The van der Waals surface area contributed by atoms with Crippen molar-refractivity contribution in [2.24, 2.45) is 0 Å². The van der Waals surface area contributed by atoms with Gasteiger partial charge in [-0.15, -0.1) is 11.3 Å². The molecule has 0 bridgehead atoms. The Balaban J connectivity index is 1.99. The lowest BCUT2D eigenvalue weighted by Crippen LogP contribution is -2.39. The molecule has 1 aromatic carbocycles. The van der Waals surface area contributed by atoms with Gasteiger partial charge in [-0.1, -0.05) is 18.9 Å². The number of carbonyl (C=O) groups is 1. The summed E-state index contributed by atoms with van der Waals surface area (Å²) in [6, 6.07) is 4.78. The molecule has 0 radical (unpaired) electrons. The molecule has 112 valence electrons. The summed E-state index contributed by atoms with van der Waals surface area (Å²) in [5.74, 6) is -1.33. The molecule has 1 aromatic heterocycles. The molecule has 1 saturated carbocycles. The molecule has 1 heterocycles. The van der Waals surface area contributed by atoms with E-state index < -0.39 is 5.97 Å². The van der Waals surface area contributed by atoms with Gasteiger partial charge in [-0.2, -0.15) is 0 Å². The molecule has 2 N–H and O–H groups in total. The largest absolute Gasteiger partial charge is 0.477 e. The topological polar surface area (TPSA) is 49.3 Å². The van der Waals surface area contributed by atoms with E-state index in [0.717, 1.165) is 24.2 Å². The standard InChI is InChI=1S/C16H18FNO2S/c1-16(7-2-3-8-16)18-9-10-13-11(17)5-4-6-12(13)21-14(10)15(19)20/h4-6,18H,2-3,7-9H2,1H3,(H,19,20). The number of hydrogen-bond acceptors (Lipinski definition) is 3. The molecule has 0 spiro atoms. The van der Waals surface area contributed by atoms with Gasteiger partial charge >= 0.3 is 5.97 Å². The number of thiophene rings is 1. The first kappa shape index (κ1) is 14.5. The van der Waals surface area contributed by atoms with Crippen molar-refractivity contribution in [2.45, 2.75) is 44.7 Å². The van der Waals surface area contributed by atoms with Crippen LogP contribution in [0.3, 0.4) is 0 Å². The Morgan fingerprint density at radius 2 is 2.14 bits per heavy atom. The van der Waals surface area contributed by atoms with Gasteiger partial charge in [0, 0.05) is 27.7 Å². The number of carboxylic acids is 1. The second-order valence-electron chi connectivity index (χ2n) is 5.95. The summed E-state index contributed by atoms with van der Waals surface area (Å²) in [6.45, 7) is 2.56. The van der Waals surface area contributed by atoms with Gasteiger partial charge in [0.1, 0.15) is 10.7 Å². The maximum absolute atomic E-state index is 14.1. The molecule has 0 amide bonds. The molecule has 2 aromatic rings. The van der Waals surface area contributed by atoms with Crippen LogP contribution in [0.5, 0.6) is 0 Å². The van der Waals surface area contributed by atoms with E-state index >= 15 is 0 Å². The minimum absolute atomic E-state index is 0.0370. The molecule has 3 rings (SSSR count). The number of halogens is 1. The van der Waals surface area contributed by atoms with E-state index in [-0.39, 0.29) is 16.2 Å². The van der Waals surface area contributed by atoms with Crippen molar-refractivity contribution >= 4 is 27.4 Å². The van der Waals surface area contributed by atoms with E-state index in [1.165, 1.54) is 18.9 Å². The van der Waals surface area contributed by atoms with Crippen LogP contribution < -0.4 is 5.32 Å². The van der Waals surface area contributed by atoms with E-state index in [4.69, 9.17) is 0 Å². The summed E-state index contributed by atoms with van der Waals surface area (Å²) in [5, 5.41) is 13.3. The Labute approximate surface area is 126 Å². The van der Waals surface area contributed by atoms with Gasteiger partial charge in [-0.3, -0.25) is 0 Å². The van der Waals surface area contributed by atoms with E-state index in [0.29, 0.717) is 22.2 Å². The second kappa shape index (κ2) is 5.39. The zero-order valence-corrected chi connectivity index (χ0v) is 12.7. The van der Waals surface area contributed by atoms with Crippen LogP contribution in [0, 0.1) is 5.82 Å². The van der Waals surface area contributed by atoms with Crippen LogP contribution in [-0.4, -0.2) is 16.6 Å². The fraction of sp³-hybridized carbons (Fsp3) is 0.438. The highest BCUT2D eigenvalue weighted by atomic mass is 32.1.